The summed E-state index contributed by atoms with van der Waals surface area (Å²) in [6.45, 7) is 7.52. The number of pyridine rings is 1. The first-order chi connectivity index (χ1) is 12.6. The fourth-order valence-corrected chi connectivity index (χ4v) is 3.68. The van der Waals surface area contributed by atoms with Crippen LogP contribution in [0.2, 0.25) is 0 Å². The maximum Gasteiger partial charge on any atom is 0.254 e. The molecule has 0 saturated carbocycles. The first kappa shape index (κ1) is 16.6. The monoisotopic (exact) mass is 345 g/mol. The topological polar surface area (TPSA) is 36.4 Å². The predicted molar refractivity (Wildman–Crippen MR) is 106 cm³/mol. The Morgan fingerprint density at radius 2 is 1.69 bits per heavy atom. The number of carbonyl (C=O) groups excluding carboxylic acids is 1. The molecule has 0 radical (unpaired) electrons. The number of anilines is 1. The molecule has 0 bridgehead atoms. The van der Waals surface area contributed by atoms with Crippen molar-refractivity contribution in [2.45, 2.75) is 13.8 Å². The van der Waals surface area contributed by atoms with Crippen LogP contribution < -0.4 is 4.90 Å². The van der Waals surface area contributed by atoms with Crippen molar-refractivity contribution in [1.29, 1.82) is 0 Å². The summed E-state index contributed by atoms with van der Waals surface area (Å²) in [5, 5.41) is 0.928. The lowest BCUT2D eigenvalue weighted by Crippen LogP contribution is -2.49. The van der Waals surface area contributed by atoms with Crippen LogP contribution >= 0.6 is 0 Å². The summed E-state index contributed by atoms with van der Waals surface area (Å²) >= 11 is 0. The van der Waals surface area contributed by atoms with Crippen molar-refractivity contribution >= 4 is 22.5 Å². The van der Waals surface area contributed by atoms with E-state index in [1.165, 1.54) is 16.8 Å². The number of aromatic nitrogens is 1. The molecule has 4 heteroatoms. The number of benzene rings is 2. The van der Waals surface area contributed by atoms with E-state index in [0.717, 1.165) is 42.6 Å². The van der Waals surface area contributed by atoms with E-state index < -0.39 is 0 Å². The third-order valence-corrected chi connectivity index (χ3v) is 5.36. The molecule has 0 aliphatic carbocycles. The number of aryl methyl sites for hydroxylation is 1. The average Bonchev–Trinajstić information content (AvgIpc) is 2.69. The van der Waals surface area contributed by atoms with E-state index in [1.807, 2.05) is 35.2 Å². The lowest BCUT2D eigenvalue weighted by Gasteiger charge is -2.37. The lowest BCUT2D eigenvalue weighted by molar-refractivity contribution is 0.0748. The molecule has 2 heterocycles. The Morgan fingerprint density at radius 1 is 0.923 bits per heavy atom. The Balaban J connectivity index is 1.53. The molecule has 3 aromatic rings. The number of carbonyl (C=O) groups is 1. The Hall–Kier alpha value is -2.88. The van der Waals surface area contributed by atoms with Gasteiger partial charge >= 0.3 is 0 Å². The van der Waals surface area contributed by atoms with E-state index in [4.69, 9.17) is 0 Å². The highest BCUT2D eigenvalue weighted by atomic mass is 16.2. The molecule has 1 aliphatic heterocycles. The molecular weight excluding hydrogens is 322 g/mol. The zero-order valence-electron chi connectivity index (χ0n) is 15.3. The number of piperazine rings is 1. The number of amides is 1. The van der Waals surface area contributed by atoms with Crippen molar-refractivity contribution in [2.24, 2.45) is 0 Å². The van der Waals surface area contributed by atoms with Crippen LogP contribution in [0.3, 0.4) is 0 Å². The van der Waals surface area contributed by atoms with Crippen LogP contribution in [0.15, 0.2) is 54.7 Å². The number of hydrogen-bond donors (Lipinski definition) is 0. The van der Waals surface area contributed by atoms with Crippen LogP contribution in [0.4, 0.5) is 5.69 Å². The number of hydrogen-bond acceptors (Lipinski definition) is 3. The van der Waals surface area contributed by atoms with Crippen LogP contribution in [0.1, 0.15) is 21.5 Å². The third-order valence-electron chi connectivity index (χ3n) is 5.36. The molecule has 0 spiro atoms. The Bertz CT molecular complexity index is 953. The number of rotatable bonds is 2. The van der Waals surface area contributed by atoms with Crippen LogP contribution in [0.5, 0.6) is 0 Å². The van der Waals surface area contributed by atoms with E-state index in [1.54, 1.807) is 6.20 Å². The Labute approximate surface area is 154 Å². The summed E-state index contributed by atoms with van der Waals surface area (Å²) in [5.41, 5.74) is 5.53. The minimum atomic E-state index is 0.101. The van der Waals surface area contributed by atoms with Gasteiger partial charge in [0.2, 0.25) is 0 Å². The van der Waals surface area contributed by atoms with Crippen LogP contribution in [-0.4, -0.2) is 42.0 Å². The second kappa shape index (κ2) is 6.79. The molecule has 1 aliphatic rings. The van der Waals surface area contributed by atoms with Gasteiger partial charge in [0.25, 0.3) is 5.91 Å². The summed E-state index contributed by atoms with van der Waals surface area (Å²) in [6, 6.07) is 16.1. The molecule has 0 N–H and O–H groups in total. The highest BCUT2D eigenvalue weighted by molar-refractivity contribution is 6.06. The minimum absolute atomic E-state index is 0.101. The lowest BCUT2D eigenvalue weighted by atomic mass is 10.1. The van der Waals surface area contributed by atoms with Crippen LogP contribution in [0.25, 0.3) is 10.9 Å². The van der Waals surface area contributed by atoms with Gasteiger partial charge in [0.1, 0.15) is 0 Å². The van der Waals surface area contributed by atoms with Crippen molar-refractivity contribution in [1.82, 2.24) is 9.88 Å². The molecule has 26 heavy (non-hydrogen) atoms. The third kappa shape index (κ3) is 2.92. The summed E-state index contributed by atoms with van der Waals surface area (Å²) in [5.74, 6) is 0.101. The van der Waals surface area contributed by atoms with Gasteiger partial charge in [-0.2, -0.15) is 0 Å². The molecule has 2 aromatic carbocycles. The average molecular weight is 345 g/mol. The quantitative estimate of drug-likeness (QED) is 0.708. The summed E-state index contributed by atoms with van der Waals surface area (Å²) in [6.07, 6.45) is 1.72. The van der Waals surface area contributed by atoms with E-state index in [9.17, 15) is 4.79 Å². The molecule has 4 rings (SSSR count). The zero-order chi connectivity index (χ0) is 18.1. The van der Waals surface area contributed by atoms with Crippen molar-refractivity contribution in [3.8, 4) is 0 Å². The second-order valence-electron chi connectivity index (χ2n) is 6.87. The number of para-hydroxylation sites is 1. The van der Waals surface area contributed by atoms with E-state index >= 15 is 0 Å². The van der Waals surface area contributed by atoms with Crippen LogP contribution in [0, 0.1) is 13.8 Å². The maximum atomic E-state index is 13.1. The molecule has 1 fully saturated rings. The van der Waals surface area contributed by atoms with Gasteiger partial charge in [-0.3, -0.25) is 9.78 Å². The fraction of sp³-hybridized carbons (Fsp3) is 0.273. The van der Waals surface area contributed by atoms with Gasteiger partial charge in [-0.25, -0.2) is 0 Å². The van der Waals surface area contributed by atoms with Crippen molar-refractivity contribution in [3.63, 3.8) is 0 Å². The van der Waals surface area contributed by atoms with Crippen molar-refractivity contribution < 1.29 is 4.79 Å². The Kier molecular flexibility index (Phi) is 4.33. The molecule has 1 saturated heterocycles. The van der Waals surface area contributed by atoms with Gasteiger partial charge in [0.05, 0.1) is 11.1 Å². The smallest absolute Gasteiger partial charge is 0.254 e. The van der Waals surface area contributed by atoms with Crippen molar-refractivity contribution in [3.05, 3.63) is 71.4 Å². The maximum absolute atomic E-state index is 13.1. The SMILES string of the molecule is Cc1cccc(N2CCN(C(=O)c3ccnc4ccccc34)CC2)c1C. The van der Waals surface area contributed by atoms with E-state index in [2.05, 4.69) is 41.9 Å². The largest absolute Gasteiger partial charge is 0.368 e. The normalized spacial score (nSPS) is 14.7. The molecule has 0 atom stereocenters. The molecular formula is C22H23N3O. The molecule has 132 valence electrons. The molecule has 1 amide bonds. The predicted octanol–water partition coefficient (Wildman–Crippen LogP) is 3.81. The highest BCUT2D eigenvalue weighted by Crippen LogP contribution is 2.25. The molecule has 4 nitrogen and oxygen atoms in total. The van der Waals surface area contributed by atoms with Crippen LogP contribution in [-0.2, 0) is 0 Å². The zero-order valence-corrected chi connectivity index (χ0v) is 15.3. The Morgan fingerprint density at radius 3 is 2.50 bits per heavy atom. The second-order valence-corrected chi connectivity index (χ2v) is 6.87. The minimum Gasteiger partial charge on any atom is -0.368 e. The summed E-state index contributed by atoms with van der Waals surface area (Å²) < 4.78 is 0. The summed E-state index contributed by atoms with van der Waals surface area (Å²) in [7, 11) is 0. The standard InChI is InChI=1S/C22H23N3O/c1-16-6-5-9-21(17(16)2)24-12-14-25(15-13-24)22(26)19-10-11-23-20-8-4-3-7-18(19)20/h3-11H,12-15H2,1-2H3. The first-order valence-electron chi connectivity index (χ1n) is 9.09. The number of nitrogens with zero attached hydrogens (tertiary/aromatic N) is 3. The number of fused-ring (bicyclic) bond motifs is 1. The van der Waals surface area contributed by atoms with Crippen molar-refractivity contribution in [2.75, 3.05) is 31.1 Å². The van der Waals surface area contributed by atoms with Gasteiger partial charge in [-0.15, -0.1) is 0 Å². The van der Waals surface area contributed by atoms with Gasteiger partial charge in [0.15, 0.2) is 0 Å². The van der Waals surface area contributed by atoms with E-state index in [0.29, 0.717) is 0 Å². The van der Waals surface area contributed by atoms with E-state index in [-0.39, 0.29) is 5.91 Å². The highest BCUT2D eigenvalue weighted by Gasteiger charge is 2.24. The van der Waals surface area contributed by atoms with Gasteiger partial charge < -0.3 is 9.80 Å². The van der Waals surface area contributed by atoms with Gasteiger partial charge in [-0.05, 0) is 43.2 Å². The molecule has 1 aromatic heterocycles. The molecule has 0 unspecified atom stereocenters. The first-order valence-corrected chi connectivity index (χ1v) is 9.09. The van der Waals surface area contributed by atoms with Gasteiger partial charge in [0, 0.05) is 43.4 Å². The van der Waals surface area contributed by atoms with Gasteiger partial charge in [-0.1, -0.05) is 30.3 Å². The summed E-state index contributed by atoms with van der Waals surface area (Å²) in [4.78, 5) is 21.8. The fourth-order valence-electron chi connectivity index (χ4n) is 3.68.